The average Bonchev–Trinajstić information content (AvgIpc) is 2.96. The van der Waals surface area contributed by atoms with Crippen LogP contribution in [-0.4, -0.2) is 39.9 Å². The normalized spacial score (nSPS) is 11.1. The highest BCUT2D eigenvalue weighted by Gasteiger charge is 2.33. The van der Waals surface area contributed by atoms with Crippen LogP contribution >= 0.6 is 0 Å². The van der Waals surface area contributed by atoms with Gasteiger partial charge >= 0.3 is 11.8 Å². The average molecular weight is 382 g/mol. The minimum absolute atomic E-state index is 0.215. The number of imidazole rings is 1. The first-order valence-electron chi connectivity index (χ1n) is 7.15. The van der Waals surface area contributed by atoms with E-state index in [1.807, 2.05) is 0 Å². The lowest BCUT2D eigenvalue weighted by Crippen LogP contribution is -2.13. The van der Waals surface area contributed by atoms with Crippen LogP contribution in [0.15, 0.2) is 40.5 Å². The van der Waals surface area contributed by atoms with Crippen LogP contribution < -0.4 is 5.32 Å². The standard InChI is InChI=1S/C14H14N4O7S/c1-17-8-15-13(18(22)23)14(17)26(24,25)10-4-2-9(3-5-10)16-11(19)6-7-12(20)21/h2-5,8H,6-7H2,1H3,(H,16,19)(H,20,21). The molecule has 2 N–H and O–H groups in total. The zero-order valence-electron chi connectivity index (χ0n) is 13.4. The SMILES string of the molecule is Cn1cnc([N+](=O)[O-])c1S(=O)(=O)c1ccc(NC(=O)CCC(=O)O)cc1. The Morgan fingerprint density at radius 2 is 1.88 bits per heavy atom. The van der Waals surface area contributed by atoms with E-state index >= 15 is 0 Å². The Kier molecular flexibility index (Phi) is 5.35. The lowest BCUT2D eigenvalue weighted by molar-refractivity contribution is -0.392. The molecule has 0 aliphatic heterocycles. The first-order valence-corrected chi connectivity index (χ1v) is 8.63. The summed E-state index contributed by atoms with van der Waals surface area (Å²) < 4.78 is 26.3. The number of carbonyl (C=O) groups excluding carboxylic acids is 1. The Morgan fingerprint density at radius 3 is 2.42 bits per heavy atom. The van der Waals surface area contributed by atoms with Crippen LogP contribution in [0.3, 0.4) is 0 Å². The molecule has 0 radical (unpaired) electrons. The van der Waals surface area contributed by atoms with Gasteiger partial charge in [-0.1, -0.05) is 0 Å². The first-order chi connectivity index (χ1) is 12.1. The van der Waals surface area contributed by atoms with Gasteiger partial charge in [0.25, 0.3) is 0 Å². The number of aromatic nitrogens is 2. The molecule has 1 amide bonds. The molecule has 1 heterocycles. The number of hydrogen-bond acceptors (Lipinski definition) is 7. The maximum Gasteiger partial charge on any atom is 0.401 e. The van der Waals surface area contributed by atoms with Gasteiger partial charge in [0.2, 0.25) is 27.1 Å². The lowest BCUT2D eigenvalue weighted by atomic mass is 10.2. The van der Waals surface area contributed by atoms with Crippen LogP contribution in [-0.2, 0) is 26.5 Å². The van der Waals surface area contributed by atoms with Crippen LogP contribution in [0.4, 0.5) is 11.5 Å². The van der Waals surface area contributed by atoms with E-state index in [1.54, 1.807) is 0 Å². The van der Waals surface area contributed by atoms with Crippen molar-refractivity contribution in [3.63, 3.8) is 0 Å². The Morgan fingerprint density at radius 1 is 1.27 bits per heavy atom. The monoisotopic (exact) mass is 382 g/mol. The van der Waals surface area contributed by atoms with Gasteiger partial charge in [0, 0.05) is 19.2 Å². The molecular formula is C14H14N4O7S. The largest absolute Gasteiger partial charge is 0.481 e. The van der Waals surface area contributed by atoms with Crippen molar-refractivity contribution < 1.29 is 28.0 Å². The second kappa shape index (κ2) is 7.31. The molecule has 0 bridgehead atoms. The lowest BCUT2D eigenvalue weighted by Gasteiger charge is -2.07. The van der Waals surface area contributed by atoms with E-state index < -0.39 is 37.5 Å². The minimum atomic E-state index is -4.20. The number of aliphatic carboxylic acids is 1. The van der Waals surface area contributed by atoms with Gasteiger partial charge in [-0.3, -0.25) is 14.2 Å². The van der Waals surface area contributed by atoms with Gasteiger partial charge in [-0.05, 0) is 34.2 Å². The molecule has 1 aromatic carbocycles. The van der Waals surface area contributed by atoms with Crippen molar-refractivity contribution in [3.05, 3.63) is 40.7 Å². The zero-order chi connectivity index (χ0) is 19.5. The van der Waals surface area contributed by atoms with Crippen molar-refractivity contribution in [3.8, 4) is 0 Å². The van der Waals surface area contributed by atoms with Gasteiger partial charge in [-0.15, -0.1) is 0 Å². The summed E-state index contributed by atoms with van der Waals surface area (Å²) >= 11 is 0. The Bertz CT molecular complexity index is 964. The van der Waals surface area contributed by atoms with Crippen LogP contribution in [0.1, 0.15) is 12.8 Å². The van der Waals surface area contributed by atoms with E-state index in [0.717, 1.165) is 10.9 Å². The number of rotatable bonds is 7. The predicted octanol–water partition coefficient (Wildman–Crippen LogP) is 0.964. The maximum atomic E-state index is 12.6. The second-order valence-electron chi connectivity index (χ2n) is 5.21. The Labute approximate surface area is 147 Å². The first kappa shape index (κ1) is 19.1. The number of carbonyl (C=O) groups is 2. The number of aryl methyl sites for hydroxylation is 1. The van der Waals surface area contributed by atoms with E-state index in [4.69, 9.17) is 5.11 Å². The van der Waals surface area contributed by atoms with Gasteiger partial charge < -0.3 is 20.5 Å². The summed E-state index contributed by atoms with van der Waals surface area (Å²) in [6.45, 7) is 0. The van der Waals surface area contributed by atoms with Crippen molar-refractivity contribution in [2.75, 3.05) is 5.32 Å². The summed E-state index contributed by atoms with van der Waals surface area (Å²) in [5.41, 5.74) is 0.263. The van der Waals surface area contributed by atoms with E-state index in [1.165, 1.54) is 31.3 Å². The molecule has 12 heteroatoms. The van der Waals surface area contributed by atoms with E-state index in [-0.39, 0.29) is 23.4 Å². The number of nitro groups is 1. The highest BCUT2D eigenvalue weighted by atomic mass is 32.2. The number of amides is 1. The van der Waals surface area contributed by atoms with Crippen LogP contribution in [0.5, 0.6) is 0 Å². The second-order valence-corrected chi connectivity index (χ2v) is 7.08. The molecule has 0 atom stereocenters. The van der Waals surface area contributed by atoms with Crippen LogP contribution in [0, 0.1) is 10.1 Å². The van der Waals surface area contributed by atoms with Gasteiger partial charge in [0.05, 0.1) is 11.3 Å². The van der Waals surface area contributed by atoms with E-state index in [0.29, 0.717) is 0 Å². The molecule has 0 unspecified atom stereocenters. The molecule has 26 heavy (non-hydrogen) atoms. The van der Waals surface area contributed by atoms with E-state index in [9.17, 15) is 28.1 Å². The molecule has 0 saturated heterocycles. The predicted molar refractivity (Wildman–Crippen MR) is 87.3 cm³/mol. The summed E-state index contributed by atoms with van der Waals surface area (Å²) in [5, 5.41) is 21.4. The quantitative estimate of drug-likeness (QED) is 0.528. The van der Waals surface area contributed by atoms with Gasteiger partial charge in [-0.2, -0.15) is 0 Å². The topological polar surface area (TPSA) is 161 Å². The summed E-state index contributed by atoms with van der Waals surface area (Å²) in [7, 11) is -2.88. The van der Waals surface area contributed by atoms with Crippen molar-refractivity contribution in [1.82, 2.24) is 9.55 Å². The van der Waals surface area contributed by atoms with Gasteiger partial charge in [0.15, 0.2) is 0 Å². The van der Waals surface area contributed by atoms with Crippen molar-refractivity contribution >= 4 is 33.2 Å². The third-order valence-electron chi connectivity index (χ3n) is 3.31. The number of nitrogens with zero attached hydrogens (tertiary/aromatic N) is 3. The van der Waals surface area contributed by atoms with Gasteiger partial charge in [-0.25, -0.2) is 8.42 Å². The Balaban J connectivity index is 2.25. The fraction of sp³-hybridized carbons (Fsp3) is 0.214. The van der Waals surface area contributed by atoms with Crippen molar-refractivity contribution in [1.29, 1.82) is 0 Å². The molecule has 0 saturated carbocycles. The zero-order valence-corrected chi connectivity index (χ0v) is 14.3. The summed E-state index contributed by atoms with van der Waals surface area (Å²) in [6.07, 6.45) is 0.473. The molecular weight excluding hydrogens is 368 g/mol. The Hall–Kier alpha value is -3.28. The minimum Gasteiger partial charge on any atom is -0.481 e. The molecule has 2 rings (SSSR count). The number of hydrogen-bond donors (Lipinski definition) is 2. The summed E-state index contributed by atoms with van der Waals surface area (Å²) in [6, 6.07) is 4.96. The number of nitrogens with one attached hydrogen (secondary N) is 1. The number of benzene rings is 1. The highest BCUT2D eigenvalue weighted by molar-refractivity contribution is 7.91. The van der Waals surface area contributed by atoms with Crippen molar-refractivity contribution in [2.45, 2.75) is 22.8 Å². The molecule has 0 fully saturated rings. The number of carboxylic acids is 1. The van der Waals surface area contributed by atoms with Crippen LogP contribution in [0.25, 0.3) is 0 Å². The fourth-order valence-corrected chi connectivity index (χ4v) is 3.63. The van der Waals surface area contributed by atoms with Crippen molar-refractivity contribution in [2.24, 2.45) is 7.05 Å². The molecule has 2 aromatic rings. The fourth-order valence-electron chi connectivity index (χ4n) is 2.11. The third kappa shape index (κ3) is 4.03. The molecule has 138 valence electrons. The number of carboxylic acid groups (broad SMARTS) is 1. The number of anilines is 1. The molecule has 1 aromatic heterocycles. The molecule has 11 nitrogen and oxygen atoms in total. The maximum absolute atomic E-state index is 12.6. The molecule has 0 aliphatic carbocycles. The molecule has 0 spiro atoms. The van der Waals surface area contributed by atoms with Gasteiger partial charge in [0.1, 0.15) is 0 Å². The third-order valence-corrected chi connectivity index (χ3v) is 5.18. The highest BCUT2D eigenvalue weighted by Crippen LogP contribution is 2.28. The smallest absolute Gasteiger partial charge is 0.401 e. The van der Waals surface area contributed by atoms with Crippen LogP contribution in [0.2, 0.25) is 0 Å². The summed E-state index contributed by atoms with van der Waals surface area (Å²) in [5.74, 6) is -2.43. The summed E-state index contributed by atoms with van der Waals surface area (Å²) in [4.78, 5) is 35.3. The van der Waals surface area contributed by atoms with E-state index in [2.05, 4.69) is 10.3 Å². The molecule has 0 aliphatic rings. The number of sulfone groups is 1.